The van der Waals surface area contributed by atoms with Crippen molar-refractivity contribution in [3.05, 3.63) is 193 Å². The lowest BCUT2D eigenvalue weighted by molar-refractivity contribution is 1.14. The van der Waals surface area contributed by atoms with E-state index in [1.54, 1.807) is 0 Å². The van der Waals surface area contributed by atoms with Crippen molar-refractivity contribution in [3.8, 4) is 56.9 Å². The quantitative estimate of drug-likeness (QED) is 0.167. The van der Waals surface area contributed by atoms with E-state index in [1.807, 2.05) is 79.1 Å². The molecule has 258 valence electrons. The Morgan fingerprint density at radius 1 is 0.464 bits per heavy atom. The second kappa shape index (κ2) is 13.0. The van der Waals surface area contributed by atoms with Gasteiger partial charge in [0.2, 0.25) is 0 Å². The molecule has 6 nitrogen and oxygen atoms in total. The van der Waals surface area contributed by atoms with E-state index in [-0.39, 0.29) is 0 Å². The van der Waals surface area contributed by atoms with Crippen LogP contribution in [-0.2, 0) is 0 Å². The van der Waals surface area contributed by atoms with E-state index in [4.69, 9.17) is 6.57 Å². The third kappa shape index (κ3) is 5.12. The van der Waals surface area contributed by atoms with Crippen molar-refractivity contribution in [3.63, 3.8) is 0 Å². The van der Waals surface area contributed by atoms with Gasteiger partial charge in [-0.15, -0.1) is 0 Å². The van der Waals surface area contributed by atoms with Crippen LogP contribution >= 0.6 is 0 Å². The zero-order valence-corrected chi connectivity index (χ0v) is 29.8. The lowest BCUT2D eigenvalue weighted by Gasteiger charge is -2.18. The molecule has 56 heavy (non-hydrogen) atoms. The molecule has 10 rings (SSSR count). The molecule has 0 N–H and O–H groups in total. The maximum Gasteiger partial charge on any atom is 0.187 e. The molecule has 0 aliphatic carbocycles. The van der Waals surface area contributed by atoms with E-state index < -0.39 is 0 Å². The number of aromatic nitrogens is 3. The van der Waals surface area contributed by atoms with Crippen LogP contribution in [0, 0.1) is 29.2 Å². The summed E-state index contributed by atoms with van der Waals surface area (Å²) in [5.41, 5.74) is 13.9. The molecule has 0 amide bonds. The number of benzene rings is 7. The van der Waals surface area contributed by atoms with Crippen LogP contribution in [0.1, 0.15) is 11.1 Å². The van der Waals surface area contributed by atoms with Crippen LogP contribution in [0.3, 0.4) is 0 Å². The van der Waals surface area contributed by atoms with Crippen molar-refractivity contribution < 1.29 is 0 Å². The minimum atomic E-state index is 0.554. The van der Waals surface area contributed by atoms with Crippen LogP contribution in [0.5, 0.6) is 0 Å². The molecule has 6 heteroatoms. The third-order valence-corrected chi connectivity index (χ3v) is 10.7. The SMILES string of the molecule is [C-]#[N+]c1ccc(-c2ccc3c(c2)c2ccccc2n3-c2ccc(C#N)cc2-c2cnccc2-n2c3ccccc3c3cc(-c4ccc(C#N)cc4)ccc32)cc1. The Labute approximate surface area is 322 Å². The monoisotopic (exact) mass is 712 g/mol. The van der Waals surface area contributed by atoms with Gasteiger partial charge in [-0.05, 0) is 95.1 Å². The van der Waals surface area contributed by atoms with Crippen LogP contribution in [0.25, 0.3) is 93.2 Å². The van der Waals surface area contributed by atoms with Gasteiger partial charge in [0.05, 0.1) is 63.3 Å². The van der Waals surface area contributed by atoms with Gasteiger partial charge in [0, 0.05) is 45.1 Å². The first kappa shape index (κ1) is 32.4. The smallest absolute Gasteiger partial charge is 0.187 e. The van der Waals surface area contributed by atoms with E-state index in [1.165, 1.54) is 0 Å². The van der Waals surface area contributed by atoms with Gasteiger partial charge in [0.15, 0.2) is 5.69 Å². The van der Waals surface area contributed by atoms with E-state index in [0.29, 0.717) is 16.8 Å². The molecule has 3 heterocycles. The van der Waals surface area contributed by atoms with Gasteiger partial charge in [-0.2, -0.15) is 10.5 Å². The number of para-hydroxylation sites is 2. The van der Waals surface area contributed by atoms with Crippen LogP contribution in [0.15, 0.2) is 170 Å². The van der Waals surface area contributed by atoms with Gasteiger partial charge in [0.1, 0.15) is 0 Å². The molecule has 10 aromatic rings. The molecule has 0 saturated heterocycles. The molecular formula is C50H28N6. The third-order valence-electron chi connectivity index (χ3n) is 10.7. The Morgan fingerprint density at radius 2 is 0.964 bits per heavy atom. The van der Waals surface area contributed by atoms with Crippen molar-refractivity contribution in [1.29, 1.82) is 10.5 Å². The highest BCUT2D eigenvalue weighted by Gasteiger charge is 2.21. The Morgan fingerprint density at radius 3 is 1.54 bits per heavy atom. The minimum absolute atomic E-state index is 0.554. The largest absolute Gasteiger partial charge is 0.309 e. The summed E-state index contributed by atoms with van der Waals surface area (Å²) in [5, 5.41) is 24.0. The summed E-state index contributed by atoms with van der Waals surface area (Å²) in [7, 11) is 0. The van der Waals surface area contributed by atoms with Crippen molar-refractivity contribution in [1.82, 2.24) is 14.1 Å². The number of hydrogen-bond donors (Lipinski definition) is 0. The average molecular weight is 713 g/mol. The maximum atomic E-state index is 10.2. The number of nitrogens with zero attached hydrogens (tertiary/aromatic N) is 6. The summed E-state index contributed by atoms with van der Waals surface area (Å²) in [6.07, 6.45) is 3.73. The molecule has 0 bridgehead atoms. The summed E-state index contributed by atoms with van der Waals surface area (Å²) in [6, 6.07) is 57.9. The van der Waals surface area contributed by atoms with E-state index in [9.17, 15) is 10.5 Å². The Balaban J connectivity index is 1.20. The molecule has 3 aromatic heterocycles. The van der Waals surface area contributed by atoms with Gasteiger partial charge >= 0.3 is 0 Å². The van der Waals surface area contributed by atoms with E-state index in [0.717, 1.165) is 88.4 Å². The van der Waals surface area contributed by atoms with Crippen molar-refractivity contribution in [2.75, 3.05) is 0 Å². The van der Waals surface area contributed by atoms with Crippen molar-refractivity contribution in [2.45, 2.75) is 0 Å². The van der Waals surface area contributed by atoms with Gasteiger partial charge < -0.3 is 9.13 Å². The molecule has 0 radical (unpaired) electrons. The molecule has 0 aliphatic heterocycles. The highest BCUT2D eigenvalue weighted by molar-refractivity contribution is 6.12. The average Bonchev–Trinajstić information content (AvgIpc) is 3.78. The highest BCUT2D eigenvalue weighted by atomic mass is 15.0. The Hall–Kier alpha value is -8.24. The first-order chi connectivity index (χ1) is 27.6. The topological polar surface area (TPSA) is 74.7 Å². The number of nitriles is 2. The fraction of sp³-hybridized carbons (Fsp3) is 0. The molecule has 0 unspecified atom stereocenters. The summed E-state index contributed by atoms with van der Waals surface area (Å²) < 4.78 is 4.59. The summed E-state index contributed by atoms with van der Waals surface area (Å²) in [6.45, 7) is 7.37. The summed E-state index contributed by atoms with van der Waals surface area (Å²) >= 11 is 0. The highest BCUT2D eigenvalue weighted by Crippen LogP contribution is 2.42. The standard InChI is InChI=1S/C50H28N6/c1-53-38-19-15-35(16-20-38)37-18-22-48-42(28-37)39-6-2-4-8-45(39)55(48)47-21-12-33(30-52)26-41(47)44-31-54-25-24-50(44)56-46-9-5-3-7-40(46)43-27-36(17-23-49(43)56)34-13-10-32(29-51)11-14-34/h2-28,31H. The predicted molar refractivity (Wildman–Crippen MR) is 225 cm³/mol. The molecule has 0 spiro atoms. The molecule has 0 saturated carbocycles. The molecule has 0 aliphatic rings. The second-order valence-corrected chi connectivity index (χ2v) is 13.8. The summed E-state index contributed by atoms with van der Waals surface area (Å²) in [4.78, 5) is 8.24. The van der Waals surface area contributed by atoms with Crippen LogP contribution < -0.4 is 0 Å². The van der Waals surface area contributed by atoms with Gasteiger partial charge in [-0.25, -0.2) is 4.85 Å². The van der Waals surface area contributed by atoms with Crippen LogP contribution in [0.4, 0.5) is 5.69 Å². The number of pyridine rings is 1. The van der Waals surface area contributed by atoms with Gasteiger partial charge in [-0.3, -0.25) is 4.98 Å². The zero-order valence-electron chi connectivity index (χ0n) is 29.8. The number of fused-ring (bicyclic) bond motifs is 6. The number of rotatable bonds is 5. The van der Waals surface area contributed by atoms with E-state index >= 15 is 0 Å². The van der Waals surface area contributed by atoms with Crippen LogP contribution in [0.2, 0.25) is 0 Å². The van der Waals surface area contributed by atoms with Gasteiger partial charge in [0.25, 0.3) is 0 Å². The Bertz CT molecular complexity index is 3330. The van der Waals surface area contributed by atoms with Crippen molar-refractivity contribution in [2.24, 2.45) is 0 Å². The van der Waals surface area contributed by atoms with Crippen LogP contribution in [-0.4, -0.2) is 14.1 Å². The minimum Gasteiger partial charge on any atom is -0.309 e. The van der Waals surface area contributed by atoms with E-state index in [2.05, 4.69) is 122 Å². The Kier molecular flexibility index (Phi) is 7.53. The first-order valence-electron chi connectivity index (χ1n) is 18.2. The number of hydrogen-bond acceptors (Lipinski definition) is 3. The molecule has 7 aromatic carbocycles. The van der Waals surface area contributed by atoms with Gasteiger partial charge in [-0.1, -0.05) is 84.9 Å². The molecule has 0 fully saturated rings. The lowest BCUT2D eigenvalue weighted by Crippen LogP contribution is -2.02. The first-order valence-corrected chi connectivity index (χ1v) is 18.2. The lowest BCUT2D eigenvalue weighted by atomic mass is 10.00. The fourth-order valence-electron chi connectivity index (χ4n) is 8.10. The maximum absolute atomic E-state index is 10.2. The molecule has 0 atom stereocenters. The summed E-state index contributed by atoms with van der Waals surface area (Å²) in [5.74, 6) is 0. The van der Waals surface area contributed by atoms with Crippen molar-refractivity contribution >= 4 is 49.3 Å². The zero-order chi connectivity index (χ0) is 37.8. The predicted octanol–water partition coefficient (Wildman–Crippen LogP) is 12.6. The fourth-order valence-corrected chi connectivity index (χ4v) is 8.10. The second-order valence-electron chi connectivity index (χ2n) is 13.8. The normalized spacial score (nSPS) is 11.2. The molecular weight excluding hydrogens is 685 g/mol.